The van der Waals surface area contributed by atoms with Gasteiger partial charge in [-0.05, 0) is 30.4 Å². The molecular formula is C18H22N4O. The Morgan fingerprint density at radius 2 is 1.96 bits per heavy atom. The maximum absolute atomic E-state index is 12.7. The fourth-order valence-electron chi connectivity index (χ4n) is 3.69. The number of likely N-dealkylation sites (tertiary alicyclic amines) is 1. The summed E-state index contributed by atoms with van der Waals surface area (Å²) in [6.07, 6.45) is 1.24. The van der Waals surface area contributed by atoms with Crippen LogP contribution in [0.2, 0.25) is 0 Å². The van der Waals surface area contributed by atoms with E-state index in [9.17, 15) is 4.79 Å². The fourth-order valence-corrected chi connectivity index (χ4v) is 3.69. The number of para-hydroxylation sites is 1. The summed E-state index contributed by atoms with van der Waals surface area (Å²) >= 11 is 0. The topological polar surface area (TPSA) is 61.9 Å². The van der Waals surface area contributed by atoms with Crippen molar-refractivity contribution >= 4 is 10.9 Å². The molecule has 0 N–H and O–H groups in total. The van der Waals surface area contributed by atoms with Crippen LogP contribution in [-0.4, -0.2) is 27.5 Å². The van der Waals surface area contributed by atoms with E-state index in [4.69, 9.17) is 5.26 Å². The Balaban J connectivity index is 2.00. The zero-order valence-electron chi connectivity index (χ0n) is 13.7. The molecule has 1 aromatic heterocycles. The molecule has 2 atom stereocenters. The van der Waals surface area contributed by atoms with E-state index >= 15 is 0 Å². The number of piperidine rings is 1. The molecule has 0 bridgehead atoms. The fraction of sp³-hybridized carbons (Fsp3) is 0.500. The number of benzene rings is 1. The van der Waals surface area contributed by atoms with E-state index in [1.165, 1.54) is 11.0 Å². The normalized spacial score (nSPS) is 22.1. The maximum atomic E-state index is 12.7. The number of nitrogens with zero attached hydrogens (tertiary/aromatic N) is 4. The van der Waals surface area contributed by atoms with E-state index < -0.39 is 0 Å². The van der Waals surface area contributed by atoms with Gasteiger partial charge in [-0.1, -0.05) is 26.0 Å². The first kappa shape index (κ1) is 15.7. The third kappa shape index (κ3) is 3.27. The molecule has 5 heteroatoms. The first-order valence-corrected chi connectivity index (χ1v) is 8.16. The number of rotatable bonds is 3. The predicted octanol–water partition coefficient (Wildman–Crippen LogP) is 2.40. The zero-order valence-corrected chi connectivity index (χ0v) is 13.7. The van der Waals surface area contributed by atoms with Crippen molar-refractivity contribution in [1.29, 1.82) is 5.26 Å². The highest BCUT2D eigenvalue weighted by Crippen LogP contribution is 2.22. The van der Waals surface area contributed by atoms with Crippen LogP contribution < -0.4 is 5.56 Å². The largest absolute Gasteiger partial charge is 0.295 e. The zero-order chi connectivity index (χ0) is 16.4. The van der Waals surface area contributed by atoms with Gasteiger partial charge in [0.25, 0.3) is 5.56 Å². The molecule has 1 saturated heterocycles. The van der Waals surface area contributed by atoms with E-state index in [0.717, 1.165) is 13.1 Å². The van der Waals surface area contributed by atoms with Crippen molar-refractivity contribution in [3.63, 3.8) is 0 Å². The summed E-state index contributed by atoms with van der Waals surface area (Å²) in [7, 11) is 0. The third-order valence-corrected chi connectivity index (χ3v) is 4.48. The number of aromatic nitrogens is 2. The molecule has 1 aliphatic rings. The molecule has 0 amide bonds. The second kappa shape index (κ2) is 6.51. The second-order valence-electron chi connectivity index (χ2n) is 6.73. The highest BCUT2D eigenvalue weighted by Gasteiger charge is 2.23. The standard InChI is InChI=1S/C18H22N4O/c1-13-9-14(2)11-21(10-13)12-17-20-16-6-4-3-5-15(16)18(23)22(17)8-7-19/h3-6,13-14H,8-12H2,1-2H3/t13-,14-/m1/s1. The van der Waals surface area contributed by atoms with E-state index in [-0.39, 0.29) is 12.1 Å². The van der Waals surface area contributed by atoms with Gasteiger partial charge < -0.3 is 0 Å². The van der Waals surface area contributed by atoms with Crippen LogP contribution in [0.15, 0.2) is 29.1 Å². The molecule has 0 aliphatic carbocycles. The number of fused-ring (bicyclic) bond motifs is 1. The second-order valence-corrected chi connectivity index (χ2v) is 6.73. The minimum atomic E-state index is -0.120. The molecule has 0 radical (unpaired) electrons. The molecule has 120 valence electrons. The van der Waals surface area contributed by atoms with Crippen LogP contribution >= 0.6 is 0 Å². The molecule has 5 nitrogen and oxygen atoms in total. The van der Waals surface area contributed by atoms with Crippen molar-refractivity contribution in [3.8, 4) is 6.07 Å². The van der Waals surface area contributed by atoms with E-state index in [2.05, 4.69) is 29.8 Å². The highest BCUT2D eigenvalue weighted by molar-refractivity contribution is 5.77. The first-order valence-electron chi connectivity index (χ1n) is 8.16. The van der Waals surface area contributed by atoms with E-state index in [0.29, 0.717) is 35.1 Å². The lowest BCUT2D eigenvalue weighted by Gasteiger charge is -2.34. The summed E-state index contributed by atoms with van der Waals surface area (Å²) in [4.78, 5) is 19.7. The molecular weight excluding hydrogens is 288 g/mol. The van der Waals surface area contributed by atoms with Crippen LogP contribution in [0.3, 0.4) is 0 Å². The van der Waals surface area contributed by atoms with Gasteiger partial charge in [-0.2, -0.15) is 5.26 Å². The van der Waals surface area contributed by atoms with Gasteiger partial charge in [-0.25, -0.2) is 4.98 Å². The Labute approximate surface area is 136 Å². The van der Waals surface area contributed by atoms with Gasteiger partial charge in [0, 0.05) is 13.1 Å². The van der Waals surface area contributed by atoms with Gasteiger partial charge in [0.05, 0.1) is 23.5 Å². The highest BCUT2D eigenvalue weighted by atomic mass is 16.1. The average molecular weight is 310 g/mol. The molecule has 1 aromatic carbocycles. The first-order chi connectivity index (χ1) is 11.1. The SMILES string of the molecule is C[C@@H]1C[C@@H](C)CN(Cc2nc3ccccc3c(=O)n2CC#N)C1. The van der Waals surface area contributed by atoms with Gasteiger partial charge in [0.2, 0.25) is 0 Å². The lowest BCUT2D eigenvalue weighted by molar-refractivity contribution is 0.130. The summed E-state index contributed by atoms with van der Waals surface area (Å²) < 4.78 is 1.52. The number of hydrogen-bond acceptors (Lipinski definition) is 4. The van der Waals surface area contributed by atoms with Gasteiger partial charge in [0.15, 0.2) is 0 Å². The monoisotopic (exact) mass is 310 g/mol. The number of hydrogen-bond donors (Lipinski definition) is 0. The predicted molar refractivity (Wildman–Crippen MR) is 89.8 cm³/mol. The molecule has 1 fully saturated rings. The molecule has 2 heterocycles. The lowest BCUT2D eigenvalue weighted by atomic mass is 9.92. The summed E-state index contributed by atoms with van der Waals surface area (Å²) in [5.41, 5.74) is 0.588. The summed E-state index contributed by atoms with van der Waals surface area (Å²) in [6.45, 7) is 7.22. The molecule has 23 heavy (non-hydrogen) atoms. The van der Waals surface area contributed by atoms with Crippen LogP contribution in [0.4, 0.5) is 0 Å². The van der Waals surface area contributed by atoms with Crippen LogP contribution in [0.1, 0.15) is 26.1 Å². The van der Waals surface area contributed by atoms with Gasteiger partial charge in [0.1, 0.15) is 12.4 Å². The minimum absolute atomic E-state index is 0.0466. The van der Waals surface area contributed by atoms with Crippen LogP contribution in [0.25, 0.3) is 10.9 Å². The summed E-state index contributed by atoms with van der Waals surface area (Å²) in [5, 5.41) is 9.66. The Bertz CT molecular complexity index is 795. The Morgan fingerprint density at radius 3 is 2.65 bits per heavy atom. The van der Waals surface area contributed by atoms with Crippen molar-refractivity contribution in [3.05, 3.63) is 40.4 Å². The van der Waals surface area contributed by atoms with E-state index in [1.807, 2.05) is 18.2 Å². The third-order valence-electron chi connectivity index (χ3n) is 4.48. The maximum Gasteiger partial charge on any atom is 0.262 e. The van der Waals surface area contributed by atoms with Crippen molar-refractivity contribution in [1.82, 2.24) is 14.5 Å². The molecule has 3 rings (SSSR count). The summed E-state index contributed by atoms with van der Waals surface area (Å²) in [6, 6.07) is 9.44. The molecule has 0 spiro atoms. The summed E-state index contributed by atoms with van der Waals surface area (Å²) in [5.74, 6) is 1.99. The molecule has 0 saturated carbocycles. The van der Waals surface area contributed by atoms with Crippen molar-refractivity contribution in [2.24, 2.45) is 11.8 Å². The van der Waals surface area contributed by atoms with Crippen molar-refractivity contribution in [2.75, 3.05) is 13.1 Å². The van der Waals surface area contributed by atoms with Crippen LogP contribution in [0.5, 0.6) is 0 Å². The smallest absolute Gasteiger partial charge is 0.262 e. The molecule has 0 unspecified atom stereocenters. The Kier molecular flexibility index (Phi) is 4.44. The molecule has 1 aliphatic heterocycles. The number of nitriles is 1. The van der Waals surface area contributed by atoms with Gasteiger partial charge in [-0.3, -0.25) is 14.3 Å². The van der Waals surface area contributed by atoms with Gasteiger partial charge in [-0.15, -0.1) is 0 Å². The average Bonchev–Trinajstić information content (AvgIpc) is 2.50. The van der Waals surface area contributed by atoms with Crippen LogP contribution in [0, 0.1) is 23.2 Å². The molecule has 2 aromatic rings. The van der Waals surface area contributed by atoms with Gasteiger partial charge >= 0.3 is 0 Å². The van der Waals surface area contributed by atoms with Crippen molar-refractivity contribution in [2.45, 2.75) is 33.4 Å². The van der Waals surface area contributed by atoms with E-state index in [1.54, 1.807) is 6.07 Å². The lowest BCUT2D eigenvalue weighted by Crippen LogP contribution is -2.40. The minimum Gasteiger partial charge on any atom is -0.295 e. The van der Waals surface area contributed by atoms with Crippen LogP contribution in [-0.2, 0) is 13.1 Å². The van der Waals surface area contributed by atoms with Crippen molar-refractivity contribution < 1.29 is 0 Å². The quantitative estimate of drug-likeness (QED) is 0.873. The Hall–Kier alpha value is -2.19. The Morgan fingerprint density at radius 1 is 1.26 bits per heavy atom.